The van der Waals surface area contributed by atoms with E-state index in [9.17, 15) is 0 Å². The summed E-state index contributed by atoms with van der Waals surface area (Å²) in [5.41, 5.74) is 1.28. The molecule has 3 rings (SSSR count). The summed E-state index contributed by atoms with van der Waals surface area (Å²) in [5, 5.41) is 13.0. The predicted octanol–water partition coefficient (Wildman–Crippen LogP) is 3.64. The zero-order chi connectivity index (χ0) is 14.7. The molecule has 6 heteroatoms. The molecule has 1 aliphatic heterocycles. The maximum atomic E-state index is 4.40. The van der Waals surface area contributed by atoms with Gasteiger partial charge in [0.15, 0.2) is 5.16 Å². The van der Waals surface area contributed by atoms with Crippen molar-refractivity contribution in [3.63, 3.8) is 0 Å². The fourth-order valence-corrected chi connectivity index (χ4v) is 4.00. The molecule has 0 radical (unpaired) electrons. The van der Waals surface area contributed by atoms with Crippen molar-refractivity contribution in [2.75, 3.05) is 7.05 Å². The van der Waals surface area contributed by atoms with Gasteiger partial charge in [-0.05, 0) is 55.4 Å². The molecule has 2 aromatic rings. The summed E-state index contributed by atoms with van der Waals surface area (Å²) in [6.07, 6.45) is 4.79. The first kappa shape index (κ1) is 15.1. The van der Waals surface area contributed by atoms with E-state index in [-0.39, 0.29) is 0 Å². The van der Waals surface area contributed by atoms with Crippen LogP contribution >= 0.6 is 27.7 Å². The number of aromatic nitrogens is 3. The molecule has 0 saturated carbocycles. The SMILES string of the molecule is CNCc1cc(Br)ccc1Sc1nnc2n1CCCCC2. The molecule has 0 atom stereocenters. The molecule has 2 heterocycles. The smallest absolute Gasteiger partial charge is 0.196 e. The lowest BCUT2D eigenvalue weighted by Gasteiger charge is -2.10. The second-order valence-electron chi connectivity index (χ2n) is 5.25. The lowest BCUT2D eigenvalue weighted by Crippen LogP contribution is -2.07. The van der Waals surface area contributed by atoms with Crippen molar-refractivity contribution in [3.8, 4) is 0 Å². The van der Waals surface area contributed by atoms with Crippen LogP contribution in [0.1, 0.15) is 30.7 Å². The number of nitrogens with zero attached hydrogens (tertiary/aromatic N) is 3. The van der Waals surface area contributed by atoms with Gasteiger partial charge in [0.2, 0.25) is 0 Å². The Kier molecular flexibility index (Phi) is 4.98. The summed E-state index contributed by atoms with van der Waals surface area (Å²) < 4.78 is 3.40. The topological polar surface area (TPSA) is 42.7 Å². The van der Waals surface area contributed by atoms with Gasteiger partial charge < -0.3 is 9.88 Å². The molecule has 0 saturated heterocycles. The van der Waals surface area contributed by atoms with Crippen molar-refractivity contribution < 1.29 is 0 Å². The lowest BCUT2D eigenvalue weighted by atomic mass is 10.2. The lowest BCUT2D eigenvalue weighted by molar-refractivity contribution is 0.591. The van der Waals surface area contributed by atoms with Crippen LogP contribution in [0.3, 0.4) is 0 Å². The molecule has 0 spiro atoms. The molecule has 21 heavy (non-hydrogen) atoms. The molecule has 0 fully saturated rings. The second-order valence-corrected chi connectivity index (χ2v) is 7.17. The number of halogens is 1. The Morgan fingerprint density at radius 2 is 2.19 bits per heavy atom. The molecule has 4 nitrogen and oxygen atoms in total. The van der Waals surface area contributed by atoms with Crippen LogP contribution in [0, 0.1) is 0 Å². The van der Waals surface area contributed by atoms with E-state index < -0.39 is 0 Å². The number of hydrogen-bond donors (Lipinski definition) is 1. The molecular formula is C15H19BrN4S. The van der Waals surface area contributed by atoms with Gasteiger partial charge in [-0.25, -0.2) is 0 Å². The fraction of sp³-hybridized carbons (Fsp3) is 0.467. The van der Waals surface area contributed by atoms with E-state index in [2.05, 4.69) is 54.2 Å². The summed E-state index contributed by atoms with van der Waals surface area (Å²) in [6.45, 7) is 1.89. The first-order valence-corrected chi connectivity index (χ1v) is 8.92. The van der Waals surface area contributed by atoms with E-state index in [1.807, 2.05) is 7.05 Å². The van der Waals surface area contributed by atoms with Gasteiger partial charge in [-0.15, -0.1) is 10.2 Å². The monoisotopic (exact) mass is 366 g/mol. The molecule has 0 bridgehead atoms. The minimum atomic E-state index is 0.850. The summed E-state index contributed by atoms with van der Waals surface area (Å²) in [5.74, 6) is 1.14. The number of hydrogen-bond acceptors (Lipinski definition) is 4. The molecule has 0 unspecified atom stereocenters. The van der Waals surface area contributed by atoms with Crippen LogP contribution in [0.5, 0.6) is 0 Å². The first-order chi connectivity index (χ1) is 10.3. The fourth-order valence-electron chi connectivity index (χ4n) is 2.61. The average molecular weight is 367 g/mol. The van der Waals surface area contributed by atoms with Crippen molar-refractivity contribution >= 4 is 27.7 Å². The van der Waals surface area contributed by atoms with E-state index in [1.54, 1.807) is 11.8 Å². The van der Waals surface area contributed by atoms with Gasteiger partial charge in [-0.3, -0.25) is 0 Å². The van der Waals surface area contributed by atoms with Crippen molar-refractivity contribution in [1.82, 2.24) is 20.1 Å². The van der Waals surface area contributed by atoms with E-state index in [0.29, 0.717) is 0 Å². The van der Waals surface area contributed by atoms with E-state index >= 15 is 0 Å². The molecule has 1 aromatic heterocycles. The van der Waals surface area contributed by atoms with Crippen molar-refractivity contribution in [1.29, 1.82) is 0 Å². The third-order valence-corrected chi connectivity index (χ3v) is 5.26. The highest BCUT2D eigenvalue weighted by molar-refractivity contribution is 9.10. The second kappa shape index (κ2) is 6.94. The number of benzene rings is 1. The summed E-state index contributed by atoms with van der Waals surface area (Å²) in [6, 6.07) is 6.40. The van der Waals surface area contributed by atoms with E-state index in [1.165, 1.54) is 29.7 Å². The Morgan fingerprint density at radius 3 is 3.05 bits per heavy atom. The van der Waals surface area contributed by atoms with Gasteiger partial charge >= 0.3 is 0 Å². The molecule has 0 aliphatic carbocycles. The van der Waals surface area contributed by atoms with Gasteiger partial charge in [0.25, 0.3) is 0 Å². The zero-order valence-corrected chi connectivity index (χ0v) is 14.5. The Labute approximate surface area is 137 Å². The first-order valence-electron chi connectivity index (χ1n) is 7.31. The third-order valence-electron chi connectivity index (χ3n) is 3.67. The summed E-state index contributed by atoms with van der Waals surface area (Å²) in [7, 11) is 1.97. The largest absolute Gasteiger partial charge is 0.316 e. The Morgan fingerprint density at radius 1 is 1.29 bits per heavy atom. The van der Waals surface area contributed by atoms with Crippen LogP contribution in [0.2, 0.25) is 0 Å². The number of rotatable bonds is 4. The van der Waals surface area contributed by atoms with Gasteiger partial charge in [-0.2, -0.15) is 0 Å². The summed E-state index contributed by atoms with van der Waals surface area (Å²) in [4.78, 5) is 1.24. The van der Waals surface area contributed by atoms with Crippen molar-refractivity contribution in [2.45, 2.75) is 48.8 Å². The van der Waals surface area contributed by atoms with Gasteiger partial charge in [0.1, 0.15) is 5.82 Å². The minimum Gasteiger partial charge on any atom is -0.316 e. The van der Waals surface area contributed by atoms with E-state index in [4.69, 9.17) is 0 Å². The van der Waals surface area contributed by atoms with Crippen LogP contribution in [0.4, 0.5) is 0 Å². The highest BCUT2D eigenvalue weighted by atomic mass is 79.9. The quantitative estimate of drug-likeness (QED) is 0.896. The zero-order valence-electron chi connectivity index (χ0n) is 12.1. The Balaban J connectivity index is 1.88. The van der Waals surface area contributed by atoms with Gasteiger partial charge in [0, 0.05) is 28.9 Å². The molecule has 1 N–H and O–H groups in total. The predicted molar refractivity (Wildman–Crippen MR) is 88.6 cm³/mol. The van der Waals surface area contributed by atoms with Crippen LogP contribution in [0.25, 0.3) is 0 Å². The molecule has 1 aliphatic rings. The molecule has 112 valence electrons. The van der Waals surface area contributed by atoms with Gasteiger partial charge in [0.05, 0.1) is 0 Å². The number of fused-ring (bicyclic) bond motifs is 1. The minimum absolute atomic E-state index is 0.850. The van der Waals surface area contributed by atoms with Gasteiger partial charge in [-0.1, -0.05) is 22.4 Å². The van der Waals surface area contributed by atoms with Crippen molar-refractivity contribution in [2.24, 2.45) is 0 Å². The number of nitrogens with one attached hydrogen (secondary N) is 1. The average Bonchev–Trinajstić information content (AvgIpc) is 2.70. The van der Waals surface area contributed by atoms with Crippen LogP contribution in [0.15, 0.2) is 32.7 Å². The van der Waals surface area contributed by atoms with Crippen LogP contribution < -0.4 is 5.32 Å². The standard InChI is InChI=1S/C15H19BrN4S/c1-17-10-11-9-12(16)6-7-13(11)21-15-19-18-14-5-3-2-4-8-20(14)15/h6-7,9,17H,2-5,8,10H2,1H3. The normalized spacial score (nSPS) is 14.8. The van der Waals surface area contributed by atoms with Crippen LogP contribution in [-0.2, 0) is 19.5 Å². The van der Waals surface area contributed by atoms with Crippen LogP contribution in [-0.4, -0.2) is 21.8 Å². The maximum Gasteiger partial charge on any atom is 0.196 e. The highest BCUT2D eigenvalue weighted by Gasteiger charge is 2.16. The Bertz CT molecular complexity index is 626. The molecule has 1 aromatic carbocycles. The Hall–Kier alpha value is -0.850. The third kappa shape index (κ3) is 3.49. The molecular weight excluding hydrogens is 348 g/mol. The highest BCUT2D eigenvalue weighted by Crippen LogP contribution is 2.32. The van der Waals surface area contributed by atoms with Crippen molar-refractivity contribution in [3.05, 3.63) is 34.1 Å². The van der Waals surface area contributed by atoms with E-state index in [0.717, 1.165) is 35.0 Å². The maximum absolute atomic E-state index is 4.40. The number of aryl methyl sites for hydroxylation is 1. The summed E-state index contributed by atoms with van der Waals surface area (Å²) >= 11 is 5.27. The molecule has 0 amide bonds.